The Morgan fingerprint density at radius 2 is 1.91 bits per heavy atom. The molecule has 1 amide bonds. The first-order chi connectivity index (χ1) is 20.6. The highest BCUT2D eigenvalue weighted by Crippen LogP contribution is 2.37. The van der Waals surface area contributed by atoms with Gasteiger partial charge in [-0.15, -0.1) is 5.10 Å². The molecule has 3 aromatic rings. The van der Waals surface area contributed by atoms with Crippen LogP contribution in [-0.4, -0.2) is 86.5 Å². The van der Waals surface area contributed by atoms with Gasteiger partial charge in [0, 0.05) is 29.4 Å². The molecule has 14 heteroatoms. The molecule has 1 aromatic heterocycles. The van der Waals surface area contributed by atoms with Gasteiger partial charge in [0.05, 0.1) is 36.6 Å². The number of halogens is 3. The second-order valence-electron chi connectivity index (χ2n) is 10.6. The van der Waals surface area contributed by atoms with Crippen molar-refractivity contribution in [2.45, 2.75) is 68.3 Å². The third-order valence-electron chi connectivity index (χ3n) is 7.91. The zero-order valence-electron chi connectivity index (χ0n) is 23.1. The first-order valence-electron chi connectivity index (χ1n) is 13.7. The fraction of sp³-hybridized carbons (Fsp3) is 0.448. The predicted octanol–water partition coefficient (Wildman–Crippen LogP) is 2.76. The van der Waals surface area contributed by atoms with Crippen molar-refractivity contribution in [2.75, 3.05) is 18.6 Å². The average molecular weight is 618 g/mol. The lowest BCUT2D eigenvalue weighted by Crippen LogP contribution is -2.63. The highest BCUT2D eigenvalue weighted by atomic mass is 35.5. The van der Waals surface area contributed by atoms with Crippen molar-refractivity contribution >= 4 is 23.2 Å². The Balaban J connectivity index is 1.56. The van der Waals surface area contributed by atoms with Crippen LogP contribution >= 0.6 is 11.6 Å². The van der Waals surface area contributed by atoms with Crippen LogP contribution in [-0.2, 0) is 14.3 Å². The molecule has 2 fully saturated rings. The third-order valence-corrected chi connectivity index (χ3v) is 8.13. The Kier molecular flexibility index (Phi) is 9.36. The standard InChI is InChI=1S/C29H30ClF2N5O6/c1-42-27-25(36-13-21(34-35-36)16-8-18(31)11-19(32)9-16)26(40)24(14-38)43-28(27)29(41)37(22-4-2-3-5-23(22)39)20-7-15(12-33)6-17(30)10-20/h6-11,13,22-28,38-40H,2-5,14H2,1H3/t22-,23-,24+,25-,26-,27+,28+/m0/s1. The van der Waals surface area contributed by atoms with Crippen molar-refractivity contribution in [3.63, 3.8) is 0 Å². The number of benzene rings is 2. The van der Waals surface area contributed by atoms with E-state index in [0.717, 1.165) is 25.0 Å². The van der Waals surface area contributed by atoms with E-state index in [2.05, 4.69) is 10.3 Å². The van der Waals surface area contributed by atoms with Crippen LogP contribution in [0.2, 0.25) is 5.02 Å². The summed E-state index contributed by atoms with van der Waals surface area (Å²) in [5.41, 5.74) is 0.643. The van der Waals surface area contributed by atoms with Gasteiger partial charge in [-0.2, -0.15) is 5.26 Å². The summed E-state index contributed by atoms with van der Waals surface area (Å²) in [6.07, 6.45) is -2.49. The number of aromatic nitrogens is 3. The van der Waals surface area contributed by atoms with Crippen LogP contribution in [0.15, 0.2) is 42.6 Å². The molecule has 43 heavy (non-hydrogen) atoms. The van der Waals surface area contributed by atoms with Gasteiger partial charge in [-0.05, 0) is 43.2 Å². The van der Waals surface area contributed by atoms with Crippen molar-refractivity contribution < 1.29 is 38.4 Å². The molecule has 1 saturated heterocycles. The smallest absolute Gasteiger partial charge is 0.259 e. The number of hydrogen-bond donors (Lipinski definition) is 3. The van der Waals surface area contributed by atoms with E-state index >= 15 is 0 Å². The molecule has 1 aliphatic heterocycles. The second-order valence-corrected chi connectivity index (χ2v) is 11.1. The summed E-state index contributed by atoms with van der Waals surface area (Å²) in [5.74, 6) is -2.30. The highest BCUT2D eigenvalue weighted by Gasteiger charge is 2.52. The highest BCUT2D eigenvalue weighted by molar-refractivity contribution is 6.31. The molecular formula is C29H30ClF2N5O6. The lowest BCUT2D eigenvalue weighted by atomic mass is 9.88. The molecule has 7 atom stereocenters. The van der Waals surface area contributed by atoms with E-state index in [4.69, 9.17) is 21.1 Å². The molecule has 2 aliphatic rings. The zero-order chi connectivity index (χ0) is 30.8. The number of amides is 1. The molecule has 1 aliphatic carbocycles. The molecule has 228 valence electrons. The Labute approximate surface area is 250 Å². The van der Waals surface area contributed by atoms with Crippen molar-refractivity contribution in [3.05, 3.63) is 64.8 Å². The van der Waals surface area contributed by atoms with Crippen molar-refractivity contribution in [1.29, 1.82) is 5.26 Å². The normalized spacial score (nSPS) is 27.4. The summed E-state index contributed by atoms with van der Waals surface area (Å²) in [4.78, 5) is 15.8. The first kappa shape index (κ1) is 30.9. The van der Waals surface area contributed by atoms with Crippen LogP contribution in [0.5, 0.6) is 0 Å². The van der Waals surface area contributed by atoms with Gasteiger partial charge >= 0.3 is 0 Å². The van der Waals surface area contributed by atoms with Gasteiger partial charge in [0.15, 0.2) is 6.10 Å². The summed E-state index contributed by atoms with van der Waals surface area (Å²) < 4.78 is 40.6. The minimum Gasteiger partial charge on any atom is -0.394 e. The van der Waals surface area contributed by atoms with E-state index in [1.54, 1.807) is 0 Å². The molecule has 0 bridgehead atoms. The van der Waals surface area contributed by atoms with Crippen LogP contribution in [0.1, 0.15) is 37.3 Å². The number of aliphatic hydroxyl groups is 3. The molecule has 1 saturated carbocycles. The molecule has 2 aromatic carbocycles. The summed E-state index contributed by atoms with van der Waals surface area (Å²) in [5, 5.41) is 50.1. The maximum Gasteiger partial charge on any atom is 0.259 e. The first-order valence-corrected chi connectivity index (χ1v) is 14.1. The Bertz CT molecular complexity index is 1500. The van der Waals surface area contributed by atoms with Gasteiger partial charge in [0.1, 0.15) is 41.7 Å². The van der Waals surface area contributed by atoms with E-state index in [1.807, 2.05) is 6.07 Å². The molecule has 3 N–H and O–H groups in total. The van der Waals surface area contributed by atoms with E-state index < -0.39 is 66.8 Å². The van der Waals surface area contributed by atoms with Gasteiger partial charge in [-0.25, -0.2) is 13.5 Å². The Morgan fingerprint density at radius 1 is 1.19 bits per heavy atom. The lowest BCUT2D eigenvalue weighted by Gasteiger charge is -2.46. The second kappa shape index (κ2) is 13.0. The number of ether oxygens (including phenoxy) is 2. The van der Waals surface area contributed by atoms with Crippen LogP contribution in [0.4, 0.5) is 14.5 Å². The molecule has 11 nitrogen and oxygen atoms in total. The fourth-order valence-electron chi connectivity index (χ4n) is 5.91. The molecule has 5 rings (SSSR count). The van der Waals surface area contributed by atoms with E-state index in [9.17, 15) is 34.2 Å². The van der Waals surface area contributed by atoms with Gasteiger partial charge in [0.2, 0.25) is 0 Å². The SMILES string of the molecule is CO[C@@H]1[C@@H](n2cc(-c3cc(F)cc(F)c3)nn2)[C@@H](O)[C@@H](CO)O[C@H]1C(=O)N(c1cc(Cl)cc(C#N)c1)[C@H]1CCCC[C@@H]1O. The number of anilines is 1. The minimum atomic E-state index is -1.44. The number of methoxy groups -OCH3 is 1. The van der Waals surface area contributed by atoms with Crippen LogP contribution in [0.25, 0.3) is 11.3 Å². The van der Waals surface area contributed by atoms with Gasteiger partial charge in [-0.1, -0.05) is 29.7 Å². The lowest BCUT2D eigenvalue weighted by molar-refractivity contribution is -0.211. The van der Waals surface area contributed by atoms with E-state index in [0.29, 0.717) is 18.9 Å². The van der Waals surface area contributed by atoms with Gasteiger partial charge in [0.25, 0.3) is 5.91 Å². The third kappa shape index (κ3) is 6.26. The van der Waals surface area contributed by atoms with Crippen molar-refractivity contribution in [2.24, 2.45) is 0 Å². The maximum absolute atomic E-state index is 14.5. The van der Waals surface area contributed by atoms with Crippen molar-refractivity contribution in [1.82, 2.24) is 15.0 Å². The number of carbonyl (C=O) groups is 1. The quantitative estimate of drug-likeness (QED) is 0.363. The number of aliphatic hydroxyl groups excluding tert-OH is 3. The monoisotopic (exact) mass is 617 g/mol. The molecule has 0 radical (unpaired) electrons. The molecule has 2 heterocycles. The maximum atomic E-state index is 14.5. The van der Waals surface area contributed by atoms with Crippen LogP contribution in [0, 0.1) is 23.0 Å². The average Bonchev–Trinajstić information content (AvgIpc) is 3.47. The fourth-order valence-corrected chi connectivity index (χ4v) is 6.14. The van der Waals surface area contributed by atoms with Gasteiger partial charge < -0.3 is 29.7 Å². The van der Waals surface area contributed by atoms with E-state index in [-0.39, 0.29) is 27.5 Å². The molecule has 0 unspecified atom stereocenters. The van der Waals surface area contributed by atoms with Crippen molar-refractivity contribution in [3.8, 4) is 17.3 Å². The number of nitriles is 1. The van der Waals surface area contributed by atoms with E-state index in [1.165, 1.54) is 41.1 Å². The summed E-state index contributed by atoms with van der Waals surface area (Å²) >= 11 is 6.30. The summed E-state index contributed by atoms with van der Waals surface area (Å²) in [7, 11) is 1.31. The molecule has 0 spiro atoms. The Hall–Kier alpha value is -3.51. The predicted molar refractivity (Wildman–Crippen MR) is 149 cm³/mol. The summed E-state index contributed by atoms with van der Waals surface area (Å²) in [6, 6.07) is 7.47. The van der Waals surface area contributed by atoms with Crippen LogP contribution < -0.4 is 4.90 Å². The number of rotatable bonds is 7. The number of nitrogens with zero attached hydrogens (tertiary/aromatic N) is 5. The van der Waals surface area contributed by atoms with Gasteiger partial charge in [-0.3, -0.25) is 4.79 Å². The zero-order valence-corrected chi connectivity index (χ0v) is 23.8. The topological polar surface area (TPSA) is 154 Å². The largest absolute Gasteiger partial charge is 0.394 e. The Morgan fingerprint density at radius 3 is 2.56 bits per heavy atom. The molecular weight excluding hydrogens is 588 g/mol. The minimum absolute atomic E-state index is 0.0882. The number of hydrogen-bond acceptors (Lipinski definition) is 9. The number of carbonyl (C=O) groups excluding carboxylic acids is 1. The van der Waals surface area contributed by atoms with Crippen LogP contribution in [0.3, 0.4) is 0 Å². The summed E-state index contributed by atoms with van der Waals surface area (Å²) in [6.45, 7) is -0.670.